The van der Waals surface area contributed by atoms with Crippen molar-refractivity contribution in [1.82, 2.24) is 19.9 Å². The lowest BCUT2D eigenvalue weighted by Crippen LogP contribution is -2.26. The molecule has 0 spiro atoms. The number of aryl methyl sites for hydroxylation is 2. The zero-order valence-corrected chi connectivity index (χ0v) is 17.4. The quantitative estimate of drug-likeness (QED) is 0.601. The third kappa shape index (κ3) is 4.12. The molecule has 0 saturated carbocycles. The van der Waals surface area contributed by atoms with Crippen molar-refractivity contribution in [3.05, 3.63) is 56.7 Å². The van der Waals surface area contributed by atoms with E-state index in [1.54, 1.807) is 40.4 Å². The number of nitrogens with zero attached hydrogens (tertiary/aromatic N) is 3. The molecule has 0 saturated heterocycles. The largest absolute Gasteiger partial charge is 0.341 e. The molecule has 0 radical (unpaired) electrons. The van der Waals surface area contributed by atoms with Crippen LogP contribution in [-0.2, 0) is 29.9 Å². The molecule has 1 aliphatic rings. The SMILES string of the molecule is CN(Cc1ccncc1)C(=O)CCSCc1nc2sc3c(c2c(=O)[nH]1)CCC3. The van der Waals surface area contributed by atoms with Gasteiger partial charge in [0.1, 0.15) is 10.7 Å². The lowest BCUT2D eigenvalue weighted by molar-refractivity contribution is -0.129. The number of carbonyl (C=O) groups excluding carboxylic acids is 1. The summed E-state index contributed by atoms with van der Waals surface area (Å²) in [6, 6.07) is 3.83. The first kappa shape index (κ1) is 19.1. The predicted octanol–water partition coefficient (Wildman–Crippen LogP) is 3.15. The number of thioether (sulfide) groups is 1. The normalized spacial score (nSPS) is 13.0. The van der Waals surface area contributed by atoms with E-state index in [9.17, 15) is 9.59 Å². The first-order valence-electron chi connectivity index (χ1n) is 9.36. The third-order valence-corrected chi connectivity index (χ3v) is 7.07. The number of fused-ring (bicyclic) bond motifs is 3. The van der Waals surface area contributed by atoms with Gasteiger partial charge >= 0.3 is 0 Å². The molecular weight excluding hydrogens is 392 g/mol. The fraction of sp³-hybridized carbons (Fsp3) is 0.400. The van der Waals surface area contributed by atoms with Crippen LogP contribution in [0.1, 0.15) is 34.7 Å². The molecule has 3 heterocycles. The Kier molecular flexibility index (Phi) is 5.77. The van der Waals surface area contributed by atoms with Crippen LogP contribution in [0.2, 0.25) is 0 Å². The van der Waals surface area contributed by atoms with E-state index in [-0.39, 0.29) is 11.5 Å². The highest BCUT2D eigenvalue weighted by Gasteiger charge is 2.21. The molecule has 0 aromatic carbocycles. The number of carbonyl (C=O) groups is 1. The second kappa shape index (κ2) is 8.45. The third-order valence-electron chi connectivity index (χ3n) is 4.92. The molecule has 1 amide bonds. The van der Waals surface area contributed by atoms with Crippen molar-refractivity contribution in [3.8, 4) is 0 Å². The smallest absolute Gasteiger partial charge is 0.259 e. The van der Waals surface area contributed by atoms with Gasteiger partial charge in [-0.15, -0.1) is 11.3 Å². The molecule has 0 bridgehead atoms. The summed E-state index contributed by atoms with van der Waals surface area (Å²) in [6.45, 7) is 0.584. The van der Waals surface area contributed by atoms with E-state index in [1.165, 1.54) is 10.4 Å². The molecule has 146 valence electrons. The maximum absolute atomic E-state index is 12.5. The average Bonchev–Trinajstić information content (AvgIpc) is 3.26. The monoisotopic (exact) mass is 414 g/mol. The molecule has 0 aliphatic heterocycles. The minimum Gasteiger partial charge on any atom is -0.341 e. The standard InChI is InChI=1S/C20H22N4O2S2/c1-24(11-13-5-8-21-9-6-13)17(25)7-10-27-12-16-22-19(26)18-14-3-2-4-15(14)28-20(18)23-16/h5-6,8-9H,2-4,7,10-12H2,1H3,(H,22,23,26). The van der Waals surface area contributed by atoms with Crippen molar-refractivity contribution >= 4 is 39.2 Å². The summed E-state index contributed by atoms with van der Waals surface area (Å²) in [5.41, 5.74) is 2.25. The molecular formula is C20H22N4O2S2. The van der Waals surface area contributed by atoms with Gasteiger partial charge in [-0.1, -0.05) is 0 Å². The van der Waals surface area contributed by atoms with Crippen molar-refractivity contribution in [3.63, 3.8) is 0 Å². The second-order valence-electron chi connectivity index (χ2n) is 6.96. The molecule has 6 nitrogen and oxygen atoms in total. The van der Waals surface area contributed by atoms with Crippen molar-refractivity contribution < 1.29 is 4.79 Å². The summed E-state index contributed by atoms with van der Waals surface area (Å²) in [5, 5.41) is 0.791. The molecule has 28 heavy (non-hydrogen) atoms. The molecule has 0 fully saturated rings. The number of rotatable bonds is 7. The lowest BCUT2D eigenvalue weighted by atomic mass is 10.2. The van der Waals surface area contributed by atoms with Gasteiger partial charge in [0.15, 0.2) is 0 Å². The Morgan fingerprint density at radius 3 is 2.96 bits per heavy atom. The molecule has 1 N–H and O–H groups in total. The van der Waals surface area contributed by atoms with E-state index in [1.807, 2.05) is 19.2 Å². The second-order valence-corrected chi connectivity index (χ2v) is 9.15. The number of aromatic nitrogens is 3. The van der Waals surface area contributed by atoms with Crippen LogP contribution >= 0.6 is 23.1 Å². The number of thiophene rings is 1. The Morgan fingerprint density at radius 1 is 1.32 bits per heavy atom. The number of amides is 1. The van der Waals surface area contributed by atoms with Crippen LogP contribution < -0.4 is 5.56 Å². The van der Waals surface area contributed by atoms with Crippen molar-refractivity contribution in [1.29, 1.82) is 0 Å². The minimum atomic E-state index is -0.0202. The number of H-pyrrole nitrogens is 1. The molecule has 4 rings (SSSR count). The molecule has 8 heteroatoms. The summed E-state index contributed by atoms with van der Waals surface area (Å²) in [4.78, 5) is 40.2. The van der Waals surface area contributed by atoms with Gasteiger partial charge in [0.25, 0.3) is 5.56 Å². The highest BCUT2D eigenvalue weighted by molar-refractivity contribution is 7.98. The zero-order chi connectivity index (χ0) is 19.5. The van der Waals surface area contributed by atoms with E-state index in [0.717, 1.165) is 35.0 Å². The van der Waals surface area contributed by atoms with Crippen molar-refractivity contribution in [2.45, 2.75) is 38.0 Å². The first-order chi connectivity index (χ1) is 13.6. The van der Waals surface area contributed by atoms with Gasteiger partial charge in [-0.25, -0.2) is 4.98 Å². The maximum atomic E-state index is 12.5. The Balaban J connectivity index is 1.29. The molecule has 0 atom stereocenters. The fourth-order valence-electron chi connectivity index (χ4n) is 3.48. The Hall–Kier alpha value is -2.19. The van der Waals surface area contributed by atoms with Crippen LogP contribution in [0.4, 0.5) is 0 Å². The summed E-state index contributed by atoms with van der Waals surface area (Å²) in [5.74, 6) is 2.10. The fourth-order valence-corrected chi connectivity index (χ4v) is 5.56. The summed E-state index contributed by atoms with van der Waals surface area (Å²) >= 11 is 3.28. The van der Waals surface area contributed by atoms with Gasteiger partial charge in [-0.3, -0.25) is 14.6 Å². The van der Waals surface area contributed by atoms with Gasteiger partial charge in [0.05, 0.1) is 11.1 Å². The van der Waals surface area contributed by atoms with Crippen LogP contribution in [0.15, 0.2) is 29.3 Å². The molecule has 0 unspecified atom stereocenters. The summed E-state index contributed by atoms with van der Waals surface area (Å²) in [6.07, 6.45) is 7.12. The van der Waals surface area contributed by atoms with E-state index >= 15 is 0 Å². The number of nitrogens with one attached hydrogen (secondary N) is 1. The molecule has 3 aromatic heterocycles. The van der Waals surface area contributed by atoms with Crippen LogP contribution in [0.25, 0.3) is 10.2 Å². The van der Waals surface area contributed by atoms with Crippen molar-refractivity contribution in [2.75, 3.05) is 12.8 Å². The van der Waals surface area contributed by atoms with Crippen molar-refractivity contribution in [2.24, 2.45) is 0 Å². The van der Waals surface area contributed by atoms with Gasteiger partial charge in [-0.05, 0) is 42.5 Å². The Bertz CT molecular complexity index is 1050. The lowest BCUT2D eigenvalue weighted by Gasteiger charge is -2.17. The topological polar surface area (TPSA) is 79.0 Å². The van der Waals surface area contributed by atoms with E-state index in [4.69, 9.17) is 0 Å². The van der Waals surface area contributed by atoms with Crippen LogP contribution in [0.5, 0.6) is 0 Å². The average molecular weight is 415 g/mol. The van der Waals surface area contributed by atoms with Crippen LogP contribution in [0.3, 0.4) is 0 Å². The molecule has 1 aliphatic carbocycles. The number of pyridine rings is 1. The Morgan fingerprint density at radius 2 is 2.14 bits per heavy atom. The highest BCUT2D eigenvalue weighted by Crippen LogP contribution is 2.34. The number of hydrogen-bond donors (Lipinski definition) is 1. The van der Waals surface area contributed by atoms with Gasteiger partial charge < -0.3 is 9.88 Å². The van der Waals surface area contributed by atoms with Gasteiger partial charge in [0.2, 0.25) is 5.91 Å². The number of aromatic amines is 1. The minimum absolute atomic E-state index is 0.0202. The predicted molar refractivity (Wildman–Crippen MR) is 114 cm³/mol. The summed E-state index contributed by atoms with van der Waals surface area (Å²) in [7, 11) is 1.82. The summed E-state index contributed by atoms with van der Waals surface area (Å²) < 4.78 is 0. The number of hydrogen-bond acceptors (Lipinski definition) is 6. The van der Waals surface area contributed by atoms with Gasteiger partial charge in [0, 0.05) is 43.0 Å². The Labute approximate surface area is 171 Å². The first-order valence-corrected chi connectivity index (χ1v) is 11.3. The highest BCUT2D eigenvalue weighted by atomic mass is 32.2. The van der Waals surface area contributed by atoms with Crippen LogP contribution in [0, 0.1) is 0 Å². The van der Waals surface area contributed by atoms with E-state index < -0.39 is 0 Å². The zero-order valence-electron chi connectivity index (χ0n) is 15.7. The molecule has 3 aromatic rings. The van der Waals surface area contributed by atoms with E-state index in [0.29, 0.717) is 30.3 Å². The van der Waals surface area contributed by atoms with Gasteiger partial charge in [-0.2, -0.15) is 11.8 Å². The van der Waals surface area contributed by atoms with Crippen LogP contribution in [-0.4, -0.2) is 38.6 Å². The maximum Gasteiger partial charge on any atom is 0.259 e. The van der Waals surface area contributed by atoms with E-state index in [2.05, 4.69) is 15.0 Å².